The van der Waals surface area contributed by atoms with Gasteiger partial charge in [0.05, 0.1) is 6.61 Å². The third-order valence-corrected chi connectivity index (χ3v) is 3.78. The van der Waals surface area contributed by atoms with E-state index in [0.717, 1.165) is 12.0 Å². The van der Waals surface area contributed by atoms with Gasteiger partial charge in [-0.3, -0.25) is 14.9 Å². The highest BCUT2D eigenvalue weighted by Crippen LogP contribution is 2.09. The maximum Gasteiger partial charge on any atom is 0.323 e. The van der Waals surface area contributed by atoms with Crippen molar-refractivity contribution in [1.29, 1.82) is 0 Å². The predicted octanol–water partition coefficient (Wildman–Crippen LogP) is 1.72. The van der Waals surface area contributed by atoms with E-state index in [0.29, 0.717) is 32.2 Å². The molecule has 0 aliphatic heterocycles. The number of benzene rings is 1. The van der Waals surface area contributed by atoms with Crippen LogP contribution in [-0.2, 0) is 20.7 Å². The van der Waals surface area contributed by atoms with E-state index in [1.165, 1.54) is 0 Å². The minimum atomic E-state index is -0.957. The lowest BCUT2D eigenvalue weighted by atomic mass is 10.0. The maximum atomic E-state index is 12.2. The first-order chi connectivity index (χ1) is 11.6. The lowest BCUT2D eigenvalue weighted by Crippen LogP contribution is -2.48. The van der Waals surface area contributed by atoms with Gasteiger partial charge in [-0.2, -0.15) is 0 Å². The van der Waals surface area contributed by atoms with Crippen molar-refractivity contribution in [2.24, 2.45) is 5.73 Å². The number of hydrogen-bond donors (Lipinski definition) is 3. The lowest BCUT2D eigenvalue weighted by Gasteiger charge is -2.22. The minimum Gasteiger partial charge on any atom is -0.480 e. The van der Waals surface area contributed by atoms with E-state index in [9.17, 15) is 14.7 Å². The van der Waals surface area contributed by atoms with Gasteiger partial charge in [0.1, 0.15) is 12.1 Å². The number of nitrogens with two attached hydrogens (primary N) is 1. The van der Waals surface area contributed by atoms with Gasteiger partial charge >= 0.3 is 11.9 Å². The number of unbranched alkanes of at least 4 members (excludes halogenated alkanes) is 1. The monoisotopic (exact) mass is 336 g/mol. The summed E-state index contributed by atoms with van der Waals surface area (Å²) in [6.45, 7) is 2.54. The minimum absolute atomic E-state index is 0.271. The number of rotatable bonds is 12. The molecule has 0 saturated heterocycles. The molecule has 0 radical (unpaired) electrons. The van der Waals surface area contributed by atoms with Crippen LogP contribution in [0.25, 0.3) is 0 Å². The summed E-state index contributed by atoms with van der Waals surface area (Å²) in [6, 6.07) is 8.37. The van der Waals surface area contributed by atoms with E-state index in [-0.39, 0.29) is 6.61 Å². The topological polar surface area (TPSA) is 102 Å². The highest BCUT2D eigenvalue weighted by Gasteiger charge is 2.26. The second-order valence-electron chi connectivity index (χ2n) is 5.67. The van der Waals surface area contributed by atoms with Gasteiger partial charge in [-0.15, -0.1) is 0 Å². The Balaban J connectivity index is 2.68. The molecule has 0 heterocycles. The fourth-order valence-corrected chi connectivity index (χ4v) is 2.48. The first-order valence-electron chi connectivity index (χ1n) is 8.48. The third kappa shape index (κ3) is 7.57. The van der Waals surface area contributed by atoms with Gasteiger partial charge in [0.15, 0.2) is 0 Å². The second-order valence-corrected chi connectivity index (χ2v) is 5.67. The number of aryl methyl sites for hydroxylation is 1. The Labute approximate surface area is 143 Å². The number of nitrogens with one attached hydrogen (secondary N) is 1. The summed E-state index contributed by atoms with van der Waals surface area (Å²) in [5, 5.41) is 12.3. The number of hydrogen-bond acceptors (Lipinski definition) is 5. The van der Waals surface area contributed by atoms with E-state index in [4.69, 9.17) is 10.5 Å². The van der Waals surface area contributed by atoms with Crippen LogP contribution in [0.1, 0.15) is 38.2 Å². The van der Waals surface area contributed by atoms with Crippen LogP contribution >= 0.6 is 0 Å². The fourth-order valence-electron chi connectivity index (χ4n) is 2.48. The molecule has 0 saturated carbocycles. The van der Waals surface area contributed by atoms with Crippen LogP contribution < -0.4 is 11.1 Å². The third-order valence-electron chi connectivity index (χ3n) is 3.78. The molecule has 0 aliphatic rings. The van der Waals surface area contributed by atoms with Crippen molar-refractivity contribution >= 4 is 11.9 Å². The summed E-state index contributed by atoms with van der Waals surface area (Å²) >= 11 is 0. The quantitative estimate of drug-likeness (QED) is 0.397. The van der Waals surface area contributed by atoms with Crippen LogP contribution in [0, 0.1) is 0 Å². The van der Waals surface area contributed by atoms with Crippen LogP contribution in [-0.4, -0.2) is 42.3 Å². The van der Waals surface area contributed by atoms with E-state index < -0.39 is 24.0 Å². The zero-order valence-corrected chi connectivity index (χ0v) is 14.2. The molecule has 134 valence electrons. The van der Waals surface area contributed by atoms with Crippen molar-refractivity contribution in [1.82, 2.24) is 5.32 Å². The summed E-state index contributed by atoms with van der Waals surface area (Å²) in [5.74, 6) is -1.36. The van der Waals surface area contributed by atoms with E-state index in [1.807, 2.05) is 30.3 Å². The Morgan fingerprint density at radius 3 is 2.46 bits per heavy atom. The first kappa shape index (κ1) is 20.1. The molecule has 1 aromatic carbocycles. The number of carboxylic acid groups (broad SMARTS) is 1. The SMILES string of the molecule is CCOC(=O)C(CCc1ccccc1)NC(CCCCN)C(=O)O. The summed E-state index contributed by atoms with van der Waals surface area (Å²) in [6.07, 6.45) is 3.07. The number of aliphatic carboxylic acids is 1. The van der Waals surface area contributed by atoms with Gasteiger partial charge in [-0.25, -0.2) is 0 Å². The van der Waals surface area contributed by atoms with E-state index >= 15 is 0 Å². The molecule has 24 heavy (non-hydrogen) atoms. The predicted molar refractivity (Wildman–Crippen MR) is 92.6 cm³/mol. The smallest absolute Gasteiger partial charge is 0.323 e. The standard InChI is InChI=1S/C18H28N2O4/c1-2-24-18(23)16(12-11-14-8-4-3-5-9-14)20-15(17(21)22)10-6-7-13-19/h3-5,8-9,15-16,20H,2,6-7,10-13,19H2,1H3,(H,21,22). The van der Waals surface area contributed by atoms with Crippen molar-refractivity contribution in [3.63, 3.8) is 0 Å². The van der Waals surface area contributed by atoms with Crippen LogP contribution in [0.15, 0.2) is 30.3 Å². The lowest BCUT2D eigenvalue weighted by molar-refractivity contribution is -0.147. The Kier molecular flexibility index (Phi) is 9.72. The molecule has 0 aromatic heterocycles. The Morgan fingerprint density at radius 1 is 1.17 bits per heavy atom. The summed E-state index contributed by atoms with van der Waals surface area (Å²) < 4.78 is 5.08. The van der Waals surface area contributed by atoms with Gasteiger partial charge in [-0.05, 0) is 44.7 Å². The number of esters is 1. The largest absolute Gasteiger partial charge is 0.480 e. The molecule has 1 rings (SSSR count). The van der Waals surface area contributed by atoms with E-state index in [1.54, 1.807) is 6.92 Å². The molecule has 2 atom stereocenters. The molecule has 2 unspecified atom stereocenters. The number of ether oxygens (including phenoxy) is 1. The van der Waals surface area contributed by atoms with Gasteiger partial charge in [0, 0.05) is 0 Å². The summed E-state index contributed by atoms with van der Waals surface area (Å²) in [4.78, 5) is 23.6. The first-order valence-corrected chi connectivity index (χ1v) is 8.48. The second kappa shape index (κ2) is 11.6. The maximum absolute atomic E-state index is 12.2. The Bertz CT molecular complexity index is 493. The molecule has 0 aliphatic carbocycles. The van der Waals surface area contributed by atoms with Crippen molar-refractivity contribution in [2.75, 3.05) is 13.2 Å². The summed E-state index contributed by atoms with van der Waals surface area (Å²) in [5.41, 5.74) is 6.55. The number of carbonyl (C=O) groups excluding carboxylic acids is 1. The molecule has 4 N–H and O–H groups in total. The van der Waals surface area contributed by atoms with Crippen molar-refractivity contribution in [2.45, 2.75) is 51.1 Å². The average molecular weight is 336 g/mol. The van der Waals surface area contributed by atoms with Crippen molar-refractivity contribution in [3.8, 4) is 0 Å². The highest BCUT2D eigenvalue weighted by atomic mass is 16.5. The van der Waals surface area contributed by atoms with Crippen molar-refractivity contribution < 1.29 is 19.4 Å². The molecule has 1 aromatic rings. The molecule has 0 amide bonds. The Morgan fingerprint density at radius 2 is 1.88 bits per heavy atom. The van der Waals surface area contributed by atoms with Crippen LogP contribution in [0.4, 0.5) is 0 Å². The molecule has 6 heteroatoms. The highest BCUT2D eigenvalue weighted by molar-refractivity contribution is 5.78. The molecule has 0 fully saturated rings. The normalized spacial score (nSPS) is 13.2. The Hall–Kier alpha value is -1.92. The number of carboxylic acids is 1. The van der Waals surface area contributed by atoms with E-state index in [2.05, 4.69) is 5.32 Å². The molecular formula is C18H28N2O4. The number of carbonyl (C=O) groups is 2. The zero-order valence-electron chi connectivity index (χ0n) is 14.2. The van der Waals surface area contributed by atoms with Gasteiger partial charge in [0.25, 0.3) is 0 Å². The zero-order chi connectivity index (χ0) is 17.8. The van der Waals surface area contributed by atoms with Crippen LogP contribution in [0.2, 0.25) is 0 Å². The molecular weight excluding hydrogens is 308 g/mol. The van der Waals surface area contributed by atoms with Gasteiger partial charge in [-0.1, -0.05) is 36.8 Å². The van der Waals surface area contributed by atoms with Crippen molar-refractivity contribution in [3.05, 3.63) is 35.9 Å². The molecule has 0 bridgehead atoms. The van der Waals surface area contributed by atoms with Crippen LogP contribution in [0.3, 0.4) is 0 Å². The molecule has 6 nitrogen and oxygen atoms in total. The van der Waals surface area contributed by atoms with Gasteiger partial charge < -0.3 is 15.6 Å². The fraction of sp³-hybridized carbons (Fsp3) is 0.556. The molecule has 0 spiro atoms. The summed E-state index contributed by atoms with van der Waals surface area (Å²) in [7, 11) is 0. The van der Waals surface area contributed by atoms with Gasteiger partial charge in [0.2, 0.25) is 0 Å². The average Bonchev–Trinajstić information content (AvgIpc) is 2.58. The van der Waals surface area contributed by atoms with Crippen LogP contribution in [0.5, 0.6) is 0 Å².